The van der Waals surface area contributed by atoms with Crippen LogP contribution in [0.1, 0.15) is 52.7 Å². The van der Waals surface area contributed by atoms with Crippen molar-refractivity contribution in [2.75, 3.05) is 0 Å². The second-order valence-electron chi connectivity index (χ2n) is 5.86. The topological polar surface area (TPSA) is 29.5 Å². The molecule has 2 atom stereocenters. The van der Waals surface area contributed by atoms with Crippen LogP contribution in [0.2, 0.25) is 18.1 Å². The second-order valence-corrected chi connectivity index (χ2v) is 10.6. The Balaban J connectivity index is 3.13. The zero-order valence-electron chi connectivity index (χ0n) is 13.6. The van der Waals surface area contributed by atoms with Gasteiger partial charge in [-0.3, -0.25) is 0 Å². The van der Waals surface area contributed by atoms with Gasteiger partial charge in [0.05, 0.1) is 11.7 Å². The summed E-state index contributed by atoms with van der Waals surface area (Å²) in [4.78, 5) is 0. The van der Waals surface area contributed by atoms with Gasteiger partial charge in [0.2, 0.25) is 0 Å². The quantitative estimate of drug-likeness (QED) is 0.690. The van der Waals surface area contributed by atoms with Gasteiger partial charge in [0.25, 0.3) is 0 Å². The average Bonchev–Trinajstić information content (AvgIpc) is 2.50. The lowest BCUT2D eigenvalue weighted by Crippen LogP contribution is -2.44. The van der Waals surface area contributed by atoms with E-state index in [0.717, 1.165) is 23.7 Å². The first-order valence-corrected chi connectivity index (χ1v) is 10.4. The van der Waals surface area contributed by atoms with E-state index < -0.39 is 13.9 Å². The summed E-state index contributed by atoms with van der Waals surface area (Å²) in [7, 11) is -1.75. The molecule has 3 heteroatoms. The first kappa shape index (κ1) is 17.4. The molecule has 1 aromatic rings. The van der Waals surface area contributed by atoms with Gasteiger partial charge in [0.1, 0.15) is 0 Å². The molecule has 0 spiro atoms. The Morgan fingerprint density at radius 3 is 1.95 bits per heavy atom. The van der Waals surface area contributed by atoms with Crippen molar-refractivity contribution < 1.29 is 9.53 Å². The smallest absolute Gasteiger partial charge is 0.193 e. The minimum atomic E-state index is -1.75. The Kier molecular flexibility index (Phi) is 6.43. The van der Waals surface area contributed by atoms with Crippen molar-refractivity contribution in [2.45, 2.75) is 70.9 Å². The van der Waals surface area contributed by atoms with E-state index in [1.54, 1.807) is 0 Å². The summed E-state index contributed by atoms with van der Waals surface area (Å²) < 4.78 is 6.62. The second kappa shape index (κ2) is 7.39. The molecule has 1 aromatic carbocycles. The van der Waals surface area contributed by atoms with E-state index in [1.807, 2.05) is 32.0 Å². The summed E-state index contributed by atoms with van der Waals surface area (Å²) in [6.07, 6.45) is 0.467. The molecular formula is C17H30O2Si. The first-order valence-electron chi connectivity index (χ1n) is 7.89. The molecule has 0 saturated heterocycles. The molecule has 0 fully saturated rings. The van der Waals surface area contributed by atoms with E-state index in [2.05, 4.69) is 32.9 Å². The van der Waals surface area contributed by atoms with Crippen molar-refractivity contribution in [3.05, 3.63) is 35.9 Å². The summed E-state index contributed by atoms with van der Waals surface area (Å²) in [6, 6.07) is 13.5. The Hall–Kier alpha value is -0.643. The summed E-state index contributed by atoms with van der Waals surface area (Å²) in [5.41, 5.74) is 0.269. The van der Waals surface area contributed by atoms with Crippen LogP contribution in [-0.2, 0) is 4.43 Å². The zero-order chi connectivity index (χ0) is 15.2. The number of hydrogen-bond acceptors (Lipinski definition) is 2. The molecule has 2 nitrogen and oxygen atoms in total. The van der Waals surface area contributed by atoms with Crippen molar-refractivity contribution in [3.8, 4) is 0 Å². The van der Waals surface area contributed by atoms with Crippen LogP contribution in [0.4, 0.5) is 0 Å². The van der Waals surface area contributed by atoms with Crippen LogP contribution in [-0.4, -0.2) is 19.0 Å². The van der Waals surface area contributed by atoms with Crippen LogP contribution in [0.5, 0.6) is 0 Å². The third kappa shape index (κ3) is 3.93. The van der Waals surface area contributed by atoms with Gasteiger partial charge >= 0.3 is 0 Å². The standard InChI is InChI=1S/C17H30O2Si/c1-6-17(5,18)16(15-13-11-10-12-14-15)19-20(7-2,8-3)9-4/h10-14,16,18H,6-9H2,1-5H3/t16-,17-/m0/s1. The fourth-order valence-electron chi connectivity index (χ4n) is 2.62. The zero-order valence-corrected chi connectivity index (χ0v) is 14.6. The summed E-state index contributed by atoms with van der Waals surface area (Å²) in [5, 5.41) is 10.8. The lowest BCUT2D eigenvalue weighted by atomic mass is 9.91. The molecule has 0 aromatic heterocycles. The first-order chi connectivity index (χ1) is 9.44. The predicted molar refractivity (Wildman–Crippen MR) is 88.4 cm³/mol. The van der Waals surface area contributed by atoms with Gasteiger partial charge in [-0.2, -0.15) is 0 Å². The lowest BCUT2D eigenvalue weighted by molar-refractivity contribution is -0.0578. The third-order valence-corrected chi connectivity index (χ3v) is 9.29. The molecule has 1 rings (SSSR count). The minimum absolute atomic E-state index is 0.222. The molecule has 20 heavy (non-hydrogen) atoms. The molecule has 0 amide bonds. The molecular weight excluding hydrogens is 264 g/mol. The number of benzene rings is 1. The largest absolute Gasteiger partial charge is 0.407 e. The normalized spacial score (nSPS) is 16.7. The van der Waals surface area contributed by atoms with Crippen molar-refractivity contribution in [1.29, 1.82) is 0 Å². The van der Waals surface area contributed by atoms with Crippen LogP contribution < -0.4 is 0 Å². The monoisotopic (exact) mass is 294 g/mol. The van der Waals surface area contributed by atoms with Gasteiger partial charge in [-0.05, 0) is 37.0 Å². The van der Waals surface area contributed by atoms with Crippen LogP contribution in [0, 0.1) is 0 Å². The molecule has 0 unspecified atom stereocenters. The van der Waals surface area contributed by atoms with E-state index in [0.29, 0.717) is 6.42 Å². The van der Waals surface area contributed by atoms with Crippen molar-refractivity contribution in [3.63, 3.8) is 0 Å². The van der Waals surface area contributed by atoms with Crippen LogP contribution in [0.25, 0.3) is 0 Å². The van der Waals surface area contributed by atoms with Crippen molar-refractivity contribution in [2.24, 2.45) is 0 Å². The summed E-state index contributed by atoms with van der Waals surface area (Å²) in [6.45, 7) is 10.6. The van der Waals surface area contributed by atoms with Gasteiger partial charge in [-0.25, -0.2) is 0 Å². The number of rotatable bonds is 8. The highest BCUT2D eigenvalue weighted by molar-refractivity contribution is 6.73. The molecule has 0 aliphatic rings. The molecule has 1 N–H and O–H groups in total. The maximum Gasteiger partial charge on any atom is 0.193 e. The van der Waals surface area contributed by atoms with E-state index in [4.69, 9.17) is 4.43 Å². The van der Waals surface area contributed by atoms with Crippen LogP contribution in [0.15, 0.2) is 30.3 Å². The average molecular weight is 295 g/mol. The fraction of sp³-hybridized carbons (Fsp3) is 0.647. The number of aliphatic hydroxyl groups is 1. The molecule has 0 radical (unpaired) electrons. The third-order valence-electron chi connectivity index (χ3n) is 4.68. The minimum Gasteiger partial charge on any atom is -0.407 e. The van der Waals surface area contributed by atoms with Crippen LogP contribution >= 0.6 is 0 Å². The van der Waals surface area contributed by atoms with Crippen molar-refractivity contribution >= 4 is 8.32 Å². The van der Waals surface area contributed by atoms with Gasteiger partial charge < -0.3 is 9.53 Å². The van der Waals surface area contributed by atoms with Crippen molar-refractivity contribution in [1.82, 2.24) is 0 Å². The van der Waals surface area contributed by atoms with Crippen LogP contribution in [0.3, 0.4) is 0 Å². The Morgan fingerprint density at radius 2 is 1.55 bits per heavy atom. The maximum absolute atomic E-state index is 10.8. The van der Waals surface area contributed by atoms with Gasteiger partial charge in [0, 0.05) is 0 Å². The van der Waals surface area contributed by atoms with E-state index in [9.17, 15) is 5.11 Å². The molecule has 0 heterocycles. The molecule has 114 valence electrons. The summed E-state index contributed by atoms with van der Waals surface area (Å²) in [5.74, 6) is 0. The Bertz CT molecular complexity index is 377. The molecule has 0 aliphatic heterocycles. The maximum atomic E-state index is 10.8. The summed E-state index contributed by atoms with van der Waals surface area (Å²) >= 11 is 0. The van der Waals surface area contributed by atoms with E-state index in [1.165, 1.54) is 0 Å². The van der Waals surface area contributed by atoms with Gasteiger partial charge in [-0.15, -0.1) is 0 Å². The lowest BCUT2D eigenvalue weighted by Gasteiger charge is -2.40. The molecule has 0 saturated carbocycles. The van der Waals surface area contributed by atoms with Gasteiger partial charge in [0.15, 0.2) is 8.32 Å². The van der Waals surface area contributed by atoms with E-state index in [-0.39, 0.29) is 6.10 Å². The highest BCUT2D eigenvalue weighted by atomic mass is 28.4. The van der Waals surface area contributed by atoms with Gasteiger partial charge in [-0.1, -0.05) is 58.0 Å². The Morgan fingerprint density at radius 1 is 1.05 bits per heavy atom. The number of hydrogen-bond donors (Lipinski definition) is 1. The highest BCUT2D eigenvalue weighted by Crippen LogP contribution is 2.37. The molecule has 0 aliphatic carbocycles. The van der Waals surface area contributed by atoms with E-state index >= 15 is 0 Å². The fourth-order valence-corrected chi connectivity index (χ4v) is 5.51. The molecule has 0 bridgehead atoms. The highest BCUT2D eigenvalue weighted by Gasteiger charge is 2.39. The SMILES string of the molecule is CC[C@](C)(O)[C@@H](O[Si](CC)(CC)CC)c1ccccc1. The predicted octanol–water partition coefficient (Wildman–Crippen LogP) is 4.91. The Labute approximate surface area is 125 Å².